The zero-order valence-corrected chi connectivity index (χ0v) is 14.1. The molecule has 0 bridgehead atoms. The number of carbonyl (C=O) groups is 1. The Bertz CT molecular complexity index is 789. The molecule has 25 heavy (non-hydrogen) atoms. The van der Waals surface area contributed by atoms with E-state index < -0.39 is 0 Å². The summed E-state index contributed by atoms with van der Waals surface area (Å²) in [5.74, 6) is 0.481. The van der Waals surface area contributed by atoms with Gasteiger partial charge in [0.05, 0.1) is 19.9 Å². The van der Waals surface area contributed by atoms with Crippen molar-refractivity contribution in [3.63, 3.8) is 0 Å². The minimum Gasteiger partial charge on any atom is -0.507 e. The minimum absolute atomic E-state index is 0.0729. The molecule has 6 heteroatoms. The maximum Gasteiger partial charge on any atom is 0.259 e. The fourth-order valence-electron chi connectivity index (χ4n) is 2.92. The highest BCUT2D eigenvalue weighted by Gasteiger charge is 2.18. The SMILES string of the molecule is COc1ccc(O)c(C=NNC(=O)CN2CCCc3ccccc32)c1. The van der Waals surface area contributed by atoms with Crippen molar-refractivity contribution in [1.29, 1.82) is 0 Å². The molecule has 0 spiro atoms. The molecule has 0 saturated heterocycles. The first-order valence-electron chi connectivity index (χ1n) is 8.19. The van der Waals surface area contributed by atoms with Crippen LogP contribution < -0.4 is 15.1 Å². The average molecular weight is 339 g/mol. The number of hydrogen-bond donors (Lipinski definition) is 2. The zero-order chi connectivity index (χ0) is 17.6. The lowest BCUT2D eigenvalue weighted by Crippen LogP contribution is -2.38. The maximum atomic E-state index is 12.2. The molecule has 0 fully saturated rings. The van der Waals surface area contributed by atoms with Crippen molar-refractivity contribution in [2.24, 2.45) is 5.10 Å². The molecule has 6 nitrogen and oxygen atoms in total. The molecule has 2 aromatic rings. The van der Waals surface area contributed by atoms with Crippen LogP contribution in [-0.2, 0) is 11.2 Å². The highest BCUT2D eigenvalue weighted by atomic mass is 16.5. The van der Waals surface area contributed by atoms with E-state index in [0.717, 1.165) is 25.1 Å². The summed E-state index contributed by atoms with van der Waals surface area (Å²) in [6.07, 6.45) is 3.48. The van der Waals surface area contributed by atoms with Crippen molar-refractivity contribution in [1.82, 2.24) is 5.43 Å². The first kappa shape index (κ1) is 16.8. The predicted molar refractivity (Wildman–Crippen MR) is 97.4 cm³/mol. The van der Waals surface area contributed by atoms with E-state index in [0.29, 0.717) is 11.3 Å². The molecule has 0 aliphatic carbocycles. The van der Waals surface area contributed by atoms with Crippen LogP contribution in [-0.4, -0.2) is 37.4 Å². The van der Waals surface area contributed by atoms with E-state index in [4.69, 9.17) is 4.74 Å². The summed E-state index contributed by atoms with van der Waals surface area (Å²) in [7, 11) is 1.55. The van der Waals surface area contributed by atoms with E-state index in [2.05, 4.69) is 21.5 Å². The second kappa shape index (κ2) is 7.70. The number of fused-ring (bicyclic) bond motifs is 1. The van der Waals surface area contributed by atoms with E-state index in [9.17, 15) is 9.90 Å². The van der Waals surface area contributed by atoms with Gasteiger partial charge in [0.15, 0.2) is 0 Å². The van der Waals surface area contributed by atoms with Crippen LogP contribution in [0.15, 0.2) is 47.6 Å². The molecule has 0 atom stereocenters. The summed E-state index contributed by atoms with van der Waals surface area (Å²) in [6.45, 7) is 1.10. The minimum atomic E-state index is -0.199. The van der Waals surface area contributed by atoms with E-state index in [1.807, 2.05) is 18.2 Å². The van der Waals surface area contributed by atoms with Gasteiger partial charge in [-0.1, -0.05) is 18.2 Å². The number of phenolic OH excluding ortho intramolecular Hbond substituents is 1. The normalized spacial score (nSPS) is 13.6. The second-order valence-electron chi connectivity index (χ2n) is 5.87. The monoisotopic (exact) mass is 339 g/mol. The quantitative estimate of drug-likeness (QED) is 0.647. The van der Waals surface area contributed by atoms with Crippen LogP contribution in [0.25, 0.3) is 0 Å². The number of rotatable bonds is 5. The zero-order valence-electron chi connectivity index (χ0n) is 14.1. The molecule has 3 rings (SSSR count). The number of hydrogen-bond acceptors (Lipinski definition) is 5. The molecule has 1 heterocycles. The van der Waals surface area contributed by atoms with Gasteiger partial charge in [-0.3, -0.25) is 4.79 Å². The highest BCUT2D eigenvalue weighted by molar-refractivity contribution is 5.87. The molecule has 0 aromatic heterocycles. The Morgan fingerprint density at radius 2 is 2.20 bits per heavy atom. The van der Waals surface area contributed by atoms with Gasteiger partial charge >= 0.3 is 0 Å². The third-order valence-corrected chi connectivity index (χ3v) is 4.17. The number of nitrogens with one attached hydrogen (secondary N) is 1. The van der Waals surface area contributed by atoms with E-state index in [-0.39, 0.29) is 18.2 Å². The van der Waals surface area contributed by atoms with Gasteiger partial charge < -0.3 is 14.7 Å². The first-order chi connectivity index (χ1) is 12.2. The van der Waals surface area contributed by atoms with Crippen LogP contribution in [0.5, 0.6) is 11.5 Å². The fourth-order valence-corrected chi connectivity index (χ4v) is 2.92. The fraction of sp³-hybridized carbons (Fsp3) is 0.263. The third-order valence-electron chi connectivity index (χ3n) is 4.17. The topological polar surface area (TPSA) is 74.2 Å². The van der Waals surface area contributed by atoms with Crippen LogP contribution >= 0.6 is 0 Å². The Kier molecular flexibility index (Phi) is 5.18. The summed E-state index contributed by atoms with van der Waals surface area (Å²) in [5, 5.41) is 13.7. The third kappa shape index (κ3) is 4.09. The Hall–Kier alpha value is -3.02. The molecular weight excluding hydrogens is 318 g/mol. The number of ether oxygens (including phenoxy) is 1. The number of para-hydroxylation sites is 1. The number of benzene rings is 2. The van der Waals surface area contributed by atoms with Gasteiger partial charge in [0.25, 0.3) is 5.91 Å². The molecule has 1 amide bonds. The second-order valence-corrected chi connectivity index (χ2v) is 5.87. The summed E-state index contributed by atoms with van der Waals surface area (Å²) in [6, 6.07) is 13.0. The largest absolute Gasteiger partial charge is 0.507 e. The Labute approximate surface area is 146 Å². The van der Waals surface area contributed by atoms with Crippen LogP contribution in [0.4, 0.5) is 5.69 Å². The van der Waals surface area contributed by atoms with Gasteiger partial charge in [0.1, 0.15) is 11.5 Å². The van der Waals surface area contributed by atoms with Gasteiger partial charge in [-0.2, -0.15) is 5.10 Å². The van der Waals surface area contributed by atoms with E-state index in [1.165, 1.54) is 17.8 Å². The lowest BCUT2D eigenvalue weighted by atomic mass is 10.0. The summed E-state index contributed by atoms with van der Waals surface area (Å²) < 4.78 is 5.10. The number of anilines is 1. The van der Waals surface area contributed by atoms with Gasteiger partial charge in [0, 0.05) is 17.8 Å². The molecule has 2 aromatic carbocycles. The van der Waals surface area contributed by atoms with Gasteiger partial charge in [-0.05, 0) is 42.7 Å². The van der Waals surface area contributed by atoms with Crippen LogP contribution in [0.1, 0.15) is 17.5 Å². The number of amides is 1. The molecule has 0 radical (unpaired) electrons. The van der Waals surface area contributed by atoms with Gasteiger partial charge in [-0.15, -0.1) is 0 Å². The van der Waals surface area contributed by atoms with Crippen LogP contribution in [0, 0.1) is 0 Å². The summed E-state index contributed by atoms with van der Waals surface area (Å²) in [4.78, 5) is 14.2. The number of phenols is 1. The van der Waals surface area contributed by atoms with Crippen molar-refractivity contribution < 1.29 is 14.6 Å². The standard InChI is InChI=1S/C19H21N3O3/c1-25-16-8-9-18(23)15(11-16)12-20-21-19(24)13-22-10-4-6-14-5-2-3-7-17(14)22/h2-3,5,7-9,11-12,23H,4,6,10,13H2,1H3,(H,21,24). The van der Waals surface area contributed by atoms with Crippen LogP contribution in [0.2, 0.25) is 0 Å². The average Bonchev–Trinajstić information content (AvgIpc) is 2.63. The number of hydrazone groups is 1. The summed E-state index contributed by atoms with van der Waals surface area (Å²) in [5.41, 5.74) is 5.37. The van der Waals surface area contributed by atoms with E-state index >= 15 is 0 Å². The maximum absolute atomic E-state index is 12.2. The number of carbonyl (C=O) groups excluding carboxylic acids is 1. The number of aromatic hydroxyl groups is 1. The van der Waals surface area contributed by atoms with Crippen molar-refractivity contribution in [3.05, 3.63) is 53.6 Å². The predicted octanol–water partition coefficient (Wildman–Crippen LogP) is 2.30. The molecule has 0 unspecified atom stereocenters. The highest BCUT2D eigenvalue weighted by Crippen LogP contribution is 2.26. The molecule has 1 aliphatic rings. The van der Waals surface area contributed by atoms with Crippen molar-refractivity contribution in [3.8, 4) is 11.5 Å². The van der Waals surface area contributed by atoms with Crippen LogP contribution in [0.3, 0.4) is 0 Å². The van der Waals surface area contributed by atoms with E-state index in [1.54, 1.807) is 19.2 Å². The van der Waals surface area contributed by atoms with Crippen molar-refractivity contribution in [2.75, 3.05) is 25.1 Å². The molecule has 130 valence electrons. The van der Waals surface area contributed by atoms with Crippen molar-refractivity contribution >= 4 is 17.8 Å². The summed E-state index contributed by atoms with van der Waals surface area (Å²) >= 11 is 0. The van der Waals surface area contributed by atoms with Crippen molar-refractivity contribution in [2.45, 2.75) is 12.8 Å². The number of aryl methyl sites for hydroxylation is 1. The van der Waals surface area contributed by atoms with Gasteiger partial charge in [-0.25, -0.2) is 5.43 Å². The Balaban J connectivity index is 1.61. The molecule has 0 saturated carbocycles. The molecule has 2 N–H and O–H groups in total. The first-order valence-corrected chi connectivity index (χ1v) is 8.19. The lowest BCUT2D eigenvalue weighted by Gasteiger charge is -2.30. The molecule has 1 aliphatic heterocycles. The Morgan fingerprint density at radius 1 is 1.36 bits per heavy atom. The smallest absolute Gasteiger partial charge is 0.259 e. The molecular formula is C19H21N3O3. The lowest BCUT2D eigenvalue weighted by molar-refractivity contribution is -0.119. The number of methoxy groups -OCH3 is 1. The Morgan fingerprint density at radius 3 is 3.04 bits per heavy atom. The number of nitrogens with zero attached hydrogens (tertiary/aromatic N) is 2. The van der Waals surface area contributed by atoms with Gasteiger partial charge in [0.2, 0.25) is 0 Å².